The summed E-state index contributed by atoms with van der Waals surface area (Å²) in [5.41, 5.74) is 9.08. The molecule has 0 unspecified atom stereocenters. The van der Waals surface area contributed by atoms with Gasteiger partial charge >= 0.3 is 0 Å². The van der Waals surface area contributed by atoms with E-state index in [2.05, 4.69) is 4.37 Å². The summed E-state index contributed by atoms with van der Waals surface area (Å²) in [6.07, 6.45) is 1.26. The summed E-state index contributed by atoms with van der Waals surface area (Å²) >= 11 is 1.22. The Morgan fingerprint density at radius 1 is 1.08 bits per heavy atom. The molecule has 4 aromatic rings. The molecule has 0 aliphatic carbocycles. The fourth-order valence-electron chi connectivity index (χ4n) is 4.32. The predicted octanol–water partition coefficient (Wildman–Crippen LogP) is 5.30. The third-order valence-electron chi connectivity index (χ3n) is 6.20. The molecule has 2 aromatic heterocycles. The smallest absolute Gasteiger partial charge is 0.264 e. The van der Waals surface area contributed by atoms with Crippen molar-refractivity contribution in [1.29, 1.82) is 0 Å². The van der Waals surface area contributed by atoms with Crippen molar-refractivity contribution in [3.63, 3.8) is 0 Å². The van der Waals surface area contributed by atoms with E-state index in [1.165, 1.54) is 11.5 Å². The number of carbonyl (C=O) groups excluding carboxylic acids is 1. The molecule has 0 spiro atoms. The highest BCUT2D eigenvalue weighted by molar-refractivity contribution is 7.12. The maximum atomic E-state index is 13.7. The van der Waals surface area contributed by atoms with Crippen LogP contribution in [0.5, 0.6) is 0 Å². The van der Waals surface area contributed by atoms with Gasteiger partial charge in [0.1, 0.15) is 5.82 Å². The van der Waals surface area contributed by atoms with Gasteiger partial charge in [-0.15, -0.1) is 24.8 Å². The van der Waals surface area contributed by atoms with Crippen LogP contribution in [-0.4, -0.2) is 37.8 Å². The first-order chi connectivity index (χ1) is 16.9. The maximum Gasteiger partial charge on any atom is 0.264 e. The molecule has 0 bridgehead atoms. The number of aromatic nitrogens is 3. The van der Waals surface area contributed by atoms with E-state index < -0.39 is 6.04 Å². The van der Waals surface area contributed by atoms with Gasteiger partial charge in [-0.1, -0.05) is 55.0 Å². The highest BCUT2D eigenvalue weighted by atomic mass is 35.5. The van der Waals surface area contributed by atoms with Crippen molar-refractivity contribution in [2.45, 2.75) is 46.2 Å². The van der Waals surface area contributed by atoms with E-state index in [1.807, 2.05) is 80.3 Å². The van der Waals surface area contributed by atoms with Gasteiger partial charge in [-0.05, 0) is 62.5 Å². The van der Waals surface area contributed by atoms with Gasteiger partial charge in [0.05, 0.1) is 23.7 Å². The van der Waals surface area contributed by atoms with Crippen LogP contribution < -0.4 is 11.3 Å². The lowest BCUT2D eigenvalue weighted by molar-refractivity contribution is 0.0656. The minimum absolute atomic E-state index is 0. The molecular weight excluding hydrogens is 529 g/mol. The van der Waals surface area contributed by atoms with E-state index in [4.69, 9.17) is 10.7 Å². The molecule has 10 heteroatoms. The first-order valence-electron chi connectivity index (χ1n) is 11.9. The predicted molar refractivity (Wildman–Crippen MR) is 155 cm³/mol. The maximum absolute atomic E-state index is 13.7. The Balaban J connectivity index is 0.00000241. The Kier molecular flexibility index (Phi) is 11.3. The number of amides is 1. The van der Waals surface area contributed by atoms with Crippen molar-refractivity contribution < 1.29 is 4.79 Å². The second kappa shape index (κ2) is 13.7. The number of aryl methyl sites for hydroxylation is 2. The second-order valence-corrected chi connectivity index (χ2v) is 9.48. The molecule has 0 saturated heterocycles. The molecule has 0 aliphatic rings. The fourth-order valence-corrected chi connectivity index (χ4v) is 5.10. The zero-order valence-corrected chi connectivity index (χ0v) is 23.7. The van der Waals surface area contributed by atoms with Crippen LogP contribution in [-0.2, 0) is 6.54 Å². The summed E-state index contributed by atoms with van der Waals surface area (Å²) in [6.45, 7) is 7.15. The lowest BCUT2D eigenvalue weighted by Crippen LogP contribution is -2.40. The van der Waals surface area contributed by atoms with E-state index in [1.54, 1.807) is 4.57 Å². The number of halogens is 2. The number of hydrogen-bond acceptors (Lipinski definition) is 6. The van der Waals surface area contributed by atoms with Gasteiger partial charge in [-0.2, -0.15) is 4.37 Å². The van der Waals surface area contributed by atoms with E-state index in [0.717, 1.165) is 11.1 Å². The topological polar surface area (TPSA) is 94.1 Å². The van der Waals surface area contributed by atoms with E-state index in [9.17, 15) is 9.59 Å². The van der Waals surface area contributed by atoms with Crippen LogP contribution >= 0.6 is 36.3 Å². The van der Waals surface area contributed by atoms with Gasteiger partial charge in [0, 0.05) is 12.1 Å². The van der Waals surface area contributed by atoms with Crippen molar-refractivity contribution in [3.8, 4) is 0 Å². The molecule has 1 amide bonds. The first-order valence-corrected chi connectivity index (χ1v) is 12.7. The summed E-state index contributed by atoms with van der Waals surface area (Å²) in [6, 6.07) is 17.0. The van der Waals surface area contributed by atoms with Crippen molar-refractivity contribution in [2.24, 2.45) is 5.73 Å². The molecule has 2 heterocycles. The minimum Gasteiger partial charge on any atom is -0.330 e. The highest BCUT2D eigenvalue weighted by Crippen LogP contribution is 2.28. The molecule has 37 heavy (non-hydrogen) atoms. The average Bonchev–Trinajstić information content (AvgIpc) is 3.25. The lowest BCUT2D eigenvalue weighted by Gasteiger charge is -2.32. The van der Waals surface area contributed by atoms with Crippen LogP contribution in [0.4, 0.5) is 0 Å². The number of fused-ring (bicyclic) bond motifs is 1. The first kappa shape index (κ1) is 30.4. The normalized spacial score (nSPS) is 11.5. The quantitative estimate of drug-likeness (QED) is 0.299. The van der Waals surface area contributed by atoms with E-state index in [0.29, 0.717) is 59.8 Å². The molecule has 198 valence electrons. The number of rotatable bonds is 9. The lowest BCUT2D eigenvalue weighted by atomic mass is 10.1. The van der Waals surface area contributed by atoms with E-state index in [-0.39, 0.29) is 36.3 Å². The van der Waals surface area contributed by atoms with Crippen LogP contribution in [0.1, 0.15) is 58.8 Å². The molecule has 0 aliphatic heterocycles. The zero-order chi connectivity index (χ0) is 24.9. The van der Waals surface area contributed by atoms with Crippen LogP contribution in [0, 0.1) is 13.8 Å². The average molecular weight is 563 g/mol. The van der Waals surface area contributed by atoms with Gasteiger partial charge in [0.25, 0.3) is 11.5 Å². The molecule has 2 N–H and O–H groups in total. The van der Waals surface area contributed by atoms with Gasteiger partial charge in [0.15, 0.2) is 4.83 Å². The third-order valence-corrected chi connectivity index (χ3v) is 7.04. The monoisotopic (exact) mass is 561 g/mol. The van der Waals surface area contributed by atoms with Crippen LogP contribution in [0.2, 0.25) is 0 Å². The Hall–Kier alpha value is -2.78. The Morgan fingerprint density at radius 2 is 1.76 bits per heavy atom. The number of benzene rings is 2. The van der Waals surface area contributed by atoms with Gasteiger partial charge in [-0.3, -0.25) is 14.2 Å². The molecular formula is C27H33Cl2N5O2S. The Bertz CT molecular complexity index is 1370. The number of hydrogen-bond donors (Lipinski definition) is 1. The summed E-state index contributed by atoms with van der Waals surface area (Å²) in [5, 5.41) is 0.544. The van der Waals surface area contributed by atoms with Crippen molar-refractivity contribution in [1.82, 2.24) is 18.8 Å². The van der Waals surface area contributed by atoms with Crippen molar-refractivity contribution in [2.75, 3.05) is 13.1 Å². The van der Waals surface area contributed by atoms with Gasteiger partial charge in [0.2, 0.25) is 0 Å². The minimum atomic E-state index is -0.390. The second-order valence-electron chi connectivity index (χ2n) is 8.73. The van der Waals surface area contributed by atoms with Crippen molar-refractivity contribution >= 4 is 52.5 Å². The van der Waals surface area contributed by atoms with Crippen LogP contribution in [0.15, 0.2) is 59.4 Å². The molecule has 2 aromatic carbocycles. The third kappa shape index (κ3) is 6.57. The highest BCUT2D eigenvalue weighted by Gasteiger charge is 2.29. The Labute approximate surface area is 233 Å². The summed E-state index contributed by atoms with van der Waals surface area (Å²) in [4.78, 5) is 34.8. The molecule has 1 atom stereocenters. The van der Waals surface area contributed by atoms with Gasteiger partial charge < -0.3 is 10.6 Å². The molecule has 0 saturated carbocycles. The van der Waals surface area contributed by atoms with E-state index >= 15 is 0 Å². The molecule has 0 radical (unpaired) electrons. The zero-order valence-electron chi connectivity index (χ0n) is 21.2. The SMILES string of the molecule is CC[C@H](c1nc2snc(C)c2c(=O)n1Cc1ccccc1)N(CCCN)C(=O)c1ccc(C)cc1.Cl.Cl. The van der Waals surface area contributed by atoms with Crippen LogP contribution in [0.3, 0.4) is 0 Å². The standard InChI is InChI=1S/C27H31N5O2S.2ClH/c1-4-22(31(16-8-15-28)26(33)21-13-11-18(2)12-14-21)24-29-25-23(19(3)30-35-25)27(34)32(24)17-20-9-6-5-7-10-20;;/h5-7,9-14,22H,4,8,15-17,28H2,1-3H3;2*1H/t22-;;/m1../s1. The largest absolute Gasteiger partial charge is 0.330 e. The number of carbonyl (C=O) groups is 1. The van der Waals surface area contributed by atoms with Crippen LogP contribution in [0.25, 0.3) is 10.2 Å². The molecule has 0 fully saturated rings. The number of nitrogens with zero attached hydrogens (tertiary/aromatic N) is 4. The number of nitrogens with two attached hydrogens (primary N) is 1. The fraction of sp³-hybridized carbons (Fsp3) is 0.333. The van der Waals surface area contributed by atoms with Gasteiger partial charge in [-0.25, -0.2) is 4.98 Å². The summed E-state index contributed by atoms with van der Waals surface area (Å²) in [7, 11) is 0. The Morgan fingerprint density at radius 3 is 2.38 bits per heavy atom. The molecule has 7 nitrogen and oxygen atoms in total. The molecule has 4 rings (SSSR count). The summed E-state index contributed by atoms with van der Waals surface area (Å²) < 4.78 is 6.10. The van der Waals surface area contributed by atoms with Crippen molar-refractivity contribution in [3.05, 3.63) is 93.2 Å². The summed E-state index contributed by atoms with van der Waals surface area (Å²) in [5.74, 6) is 0.487.